The van der Waals surface area contributed by atoms with Crippen LogP contribution in [0.25, 0.3) is 0 Å². The Kier molecular flexibility index (Phi) is 3.71. The smallest absolute Gasteiger partial charge is 0.213 e. The Hall–Kier alpha value is -2.48. The molecule has 0 saturated heterocycles. The third-order valence-electron chi connectivity index (χ3n) is 3.18. The van der Waals surface area contributed by atoms with Gasteiger partial charge in [-0.15, -0.1) is 0 Å². The summed E-state index contributed by atoms with van der Waals surface area (Å²) >= 11 is 0. The van der Waals surface area contributed by atoms with E-state index < -0.39 is 0 Å². The highest BCUT2D eigenvalue weighted by Gasteiger charge is 2.08. The third-order valence-corrected chi connectivity index (χ3v) is 3.18. The first kappa shape index (κ1) is 13.0. The summed E-state index contributed by atoms with van der Waals surface area (Å²) in [4.78, 5) is 4.13. The molecule has 0 amide bonds. The van der Waals surface area contributed by atoms with Gasteiger partial charge in [-0.2, -0.15) is 5.26 Å². The second-order valence-corrected chi connectivity index (χ2v) is 4.25. The number of anilines is 1. The van der Waals surface area contributed by atoms with Crippen LogP contribution in [0.2, 0.25) is 0 Å². The molecule has 2 aromatic rings. The van der Waals surface area contributed by atoms with Crippen LogP contribution in [0.1, 0.15) is 17.0 Å². The van der Waals surface area contributed by atoms with Gasteiger partial charge in [-0.25, -0.2) is 4.98 Å². The first-order valence-electron chi connectivity index (χ1n) is 5.95. The lowest BCUT2D eigenvalue weighted by Crippen LogP contribution is -2.02. The quantitative estimate of drug-likeness (QED) is 0.911. The molecular formula is C14H16N4O. The molecule has 0 unspecified atom stereocenters. The molecule has 0 radical (unpaired) electrons. The highest BCUT2D eigenvalue weighted by Crippen LogP contribution is 2.16. The van der Waals surface area contributed by atoms with Crippen molar-refractivity contribution in [3.05, 3.63) is 41.3 Å². The Morgan fingerprint density at radius 2 is 2.26 bits per heavy atom. The summed E-state index contributed by atoms with van der Waals surface area (Å²) in [5.74, 6) is 0.591. The molecule has 0 spiro atoms. The molecule has 0 aliphatic carbocycles. The number of nitrogens with zero attached hydrogens (tertiary/aromatic N) is 3. The summed E-state index contributed by atoms with van der Waals surface area (Å²) in [6, 6.07) is 7.80. The zero-order valence-corrected chi connectivity index (χ0v) is 11.3. The molecule has 0 bridgehead atoms. The minimum absolute atomic E-state index is 0.591. The van der Waals surface area contributed by atoms with E-state index in [9.17, 15) is 0 Å². The highest BCUT2D eigenvalue weighted by atomic mass is 16.5. The molecule has 0 aromatic carbocycles. The lowest BCUT2D eigenvalue weighted by atomic mass is 10.2. The Bertz CT molecular complexity index is 608. The van der Waals surface area contributed by atoms with Gasteiger partial charge in [0.25, 0.3) is 0 Å². The maximum atomic E-state index is 8.98. The first-order chi connectivity index (χ1) is 9.15. The summed E-state index contributed by atoms with van der Waals surface area (Å²) in [6.07, 6.45) is 1.72. The van der Waals surface area contributed by atoms with Crippen molar-refractivity contribution in [3.63, 3.8) is 0 Å². The van der Waals surface area contributed by atoms with Gasteiger partial charge in [0.2, 0.25) is 5.88 Å². The van der Waals surface area contributed by atoms with Crippen LogP contribution in [-0.4, -0.2) is 16.7 Å². The number of ether oxygens (including phenoxy) is 1. The predicted molar refractivity (Wildman–Crippen MR) is 73.0 cm³/mol. The van der Waals surface area contributed by atoms with Crippen LogP contribution in [0.5, 0.6) is 5.88 Å². The topological polar surface area (TPSA) is 62.9 Å². The number of pyridine rings is 1. The van der Waals surface area contributed by atoms with E-state index in [4.69, 9.17) is 10.00 Å². The second-order valence-electron chi connectivity index (χ2n) is 4.25. The maximum absolute atomic E-state index is 8.98. The van der Waals surface area contributed by atoms with Crippen LogP contribution in [0, 0.1) is 18.3 Å². The number of hydrogen-bond acceptors (Lipinski definition) is 4. The fourth-order valence-corrected chi connectivity index (χ4v) is 1.85. The van der Waals surface area contributed by atoms with Crippen molar-refractivity contribution in [2.24, 2.45) is 7.05 Å². The van der Waals surface area contributed by atoms with Crippen molar-refractivity contribution >= 4 is 5.69 Å². The molecule has 19 heavy (non-hydrogen) atoms. The van der Waals surface area contributed by atoms with E-state index in [1.54, 1.807) is 19.4 Å². The Morgan fingerprint density at radius 1 is 1.47 bits per heavy atom. The third kappa shape index (κ3) is 2.68. The lowest BCUT2D eigenvalue weighted by Gasteiger charge is -2.07. The average molecular weight is 256 g/mol. The van der Waals surface area contributed by atoms with Gasteiger partial charge in [-0.3, -0.25) is 0 Å². The molecular weight excluding hydrogens is 240 g/mol. The van der Waals surface area contributed by atoms with E-state index in [1.807, 2.05) is 30.7 Å². The molecule has 0 aliphatic rings. The van der Waals surface area contributed by atoms with Gasteiger partial charge in [-0.1, -0.05) is 0 Å². The lowest BCUT2D eigenvalue weighted by molar-refractivity contribution is 0.398. The van der Waals surface area contributed by atoms with Crippen LogP contribution in [-0.2, 0) is 13.6 Å². The van der Waals surface area contributed by atoms with Crippen molar-refractivity contribution in [2.45, 2.75) is 13.5 Å². The van der Waals surface area contributed by atoms with Crippen LogP contribution < -0.4 is 10.1 Å². The monoisotopic (exact) mass is 256 g/mol. The van der Waals surface area contributed by atoms with Crippen molar-refractivity contribution in [1.82, 2.24) is 9.55 Å². The number of hydrogen-bond donors (Lipinski definition) is 1. The maximum Gasteiger partial charge on any atom is 0.213 e. The van der Waals surface area contributed by atoms with Crippen LogP contribution in [0.3, 0.4) is 0 Å². The van der Waals surface area contributed by atoms with Gasteiger partial charge in [0.1, 0.15) is 11.8 Å². The normalized spacial score (nSPS) is 10.0. The number of rotatable bonds is 4. The van der Waals surface area contributed by atoms with Crippen LogP contribution in [0.15, 0.2) is 24.4 Å². The summed E-state index contributed by atoms with van der Waals surface area (Å²) in [6.45, 7) is 2.67. The van der Waals surface area contributed by atoms with E-state index in [1.165, 1.54) is 0 Å². The van der Waals surface area contributed by atoms with Crippen molar-refractivity contribution in [2.75, 3.05) is 12.4 Å². The first-order valence-corrected chi connectivity index (χ1v) is 5.95. The van der Waals surface area contributed by atoms with Crippen molar-refractivity contribution < 1.29 is 4.74 Å². The zero-order chi connectivity index (χ0) is 13.8. The second kappa shape index (κ2) is 5.44. The van der Waals surface area contributed by atoms with Gasteiger partial charge < -0.3 is 14.6 Å². The molecule has 5 nitrogen and oxygen atoms in total. The Labute approximate surface area is 112 Å². The minimum Gasteiger partial charge on any atom is -0.481 e. The molecule has 2 rings (SSSR count). The van der Waals surface area contributed by atoms with Crippen molar-refractivity contribution in [3.8, 4) is 11.9 Å². The van der Waals surface area contributed by atoms with Gasteiger partial charge in [0.05, 0.1) is 19.0 Å². The molecule has 0 aliphatic heterocycles. The average Bonchev–Trinajstić information content (AvgIpc) is 2.73. The minimum atomic E-state index is 0.591. The molecule has 1 N–H and O–H groups in total. The van der Waals surface area contributed by atoms with Crippen LogP contribution >= 0.6 is 0 Å². The predicted octanol–water partition coefficient (Wildman–Crippen LogP) is 2.22. The van der Waals surface area contributed by atoms with E-state index >= 15 is 0 Å². The van der Waals surface area contributed by atoms with Gasteiger partial charge >= 0.3 is 0 Å². The Morgan fingerprint density at radius 3 is 2.79 bits per heavy atom. The molecule has 2 heterocycles. The summed E-state index contributed by atoms with van der Waals surface area (Å²) in [5.41, 5.74) is 3.78. The molecule has 0 fully saturated rings. The number of aromatic nitrogens is 2. The summed E-state index contributed by atoms with van der Waals surface area (Å²) in [7, 11) is 3.48. The molecule has 2 aromatic heterocycles. The van der Waals surface area contributed by atoms with E-state index in [0.29, 0.717) is 18.1 Å². The fraction of sp³-hybridized carbons (Fsp3) is 0.286. The molecule has 0 atom stereocenters. The summed E-state index contributed by atoms with van der Waals surface area (Å²) in [5, 5.41) is 12.3. The van der Waals surface area contributed by atoms with E-state index in [2.05, 4.69) is 16.4 Å². The Balaban J connectivity index is 2.08. The largest absolute Gasteiger partial charge is 0.481 e. The van der Waals surface area contributed by atoms with E-state index in [0.717, 1.165) is 16.9 Å². The van der Waals surface area contributed by atoms with Crippen molar-refractivity contribution in [1.29, 1.82) is 5.26 Å². The van der Waals surface area contributed by atoms with Gasteiger partial charge in [-0.05, 0) is 24.6 Å². The molecule has 5 heteroatoms. The number of nitrogens with one attached hydrogen (secondary N) is 1. The zero-order valence-electron chi connectivity index (χ0n) is 11.3. The van der Waals surface area contributed by atoms with E-state index in [-0.39, 0.29) is 0 Å². The SMILES string of the molecule is COc1ccc(NCc2cc(C#N)n(C)c2C)cn1. The molecule has 98 valence electrons. The number of methoxy groups -OCH3 is 1. The highest BCUT2D eigenvalue weighted by molar-refractivity contribution is 5.44. The van der Waals surface area contributed by atoms with Crippen LogP contribution in [0.4, 0.5) is 5.69 Å². The van der Waals surface area contributed by atoms with Gasteiger partial charge in [0, 0.05) is 25.4 Å². The standard InChI is InChI=1S/C14H16N4O/c1-10-11(6-13(7-15)18(10)2)8-16-12-4-5-14(19-3)17-9-12/h4-6,9,16H,8H2,1-3H3. The fourth-order valence-electron chi connectivity index (χ4n) is 1.85. The number of nitriles is 1. The van der Waals surface area contributed by atoms with Gasteiger partial charge in [0.15, 0.2) is 0 Å². The molecule has 0 saturated carbocycles. The summed E-state index contributed by atoms with van der Waals surface area (Å²) < 4.78 is 6.90.